The summed E-state index contributed by atoms with van der Waals surface area (Å²) in [6.07, 6.45) is 7.63. The zero-order chi connectivity index (χ0) is 22.5. The van der Waals surface area contributed by atoms with Gasteiger partial charge in [-0.05, 0) is 67.5 Å². The minimum absolute atomic E-state index is 0.000844. The van der Waals surface area contributed by atoms with Crippen LogP contribution in [0.15, 0.2) is 47.6 Å². The summed E-state index contributed by atoms with van der Waals surface area (Å²) in [6, 6.07) is 8.57. The minimum atomic E-state index is -4.10. The number of ether oxygens (including phenoxy) is 2. The van der Waals surface area contributed by atoms with Gasteiger partial charge in [-0.25, -0.2) is 17.7 Å². The smallest absolute Gasteiger partial charge is 0.266 e. The van der Waals surface area contributed by atoms with Crippen molar-refractivity contribution in [3.8, 4) is 11.5 Å². The molecule has 3 aromatic rings. The fraction of sp³-hybridized carbons (Fsp3) is 0.391. The van der Waals surface area contributed by atoms with Gasteiger partial charge in [0.15, 0.2) is 0 Å². The second-order valence-electron chi connectivity index (χ2n) is 8.48. The quantitative estimate of drug-likeness (QED) is 0.588. The number of carbonyl (C=O) groups is 1. The zero-order valence-corrected chi connectivity index (χ0v) is 18.8. The molecule has 32 heavy (non-hydrogen) atoms. The number of rotatable bonds is 7. The summed E-state index contributed by atoms with van der Waals surface area (Å²) in [6.45, 7) is 0. The Labute approximate surface area is 186 Å². The maximum absolute atomic E-state index is 13.4. The molecule has 9 heteroatoms. The van der Waals surface area contributed by atoms with Gasteiger partial charge in [0.05, 0.1) is 36.9 Å². The van der Waals surface area contributed by atoms with Crippen LogP contribution in [0.3, 0.4) is 0 Å². The summed E-state index contributed by atoms with van der Waals surface area (Å²) in [5, 5.41) is 4.07. The Morgan fingerprint density at radius 1 is 1.16 bits per heavy atom. The van der Waals surface area contributed by atoms with Crippen LogP contribution in [0, 0.1) is 0 Å². The van der Waals surface area contributed by atoms with Crippen molar-refractivity contribution in [1.29, 1.82) is 0 Å². The number of benzene rings is 1. The molecule has 2 aromatic heterocycles. The highest BCUT2D eigenvalue weighted by Crippen LogP contribution is 2.56. The molecular formula is C23H25N3O5S. The lowest BCUT2D eigenvalue weighted by molar-refractivity contribution is -0.121. The molecule has 2 fully saturated rings. The first kappa shape index (κ1) is 20.8. The maximum Gasteiger partial charge on any atom is 0.266 e. The Morgan fingerprint density at radius 2 is 1.84 bits per heavy atom. The van der Waals surface area contributed by atoms with Gasteiger partial charge in [-0.3, -0.25) is 4.79 Å². The first-order valence-electron chi connectivity index (χ1n) is 10.7. The second-order valence-corrected chi connectivity index (χ2v) is 10.1. The molecule has 0 atom stereocenters. The average molecular weight is 456 g/mol. The summed E-state index contributed by atoms with van der Waals surface area (Å²) < 4.78 is 41.3. The molecule has 2 aliphatic rings. The molecule has 1 aromatic carbocycles. The second kappa shape index (κ2) is 7.51. The van der Waals surface area contributed by atoms with Gasteiger partial charge in [-0.15, -0.1) is 0 Å². The summed E-state index contributed by atoms with van der Waals surface area (Å²) in [5.41, 5.74) is 1.14. The molecule has 2 saturated carbocycles. The van der Waals surface area contributed by atoms with E-state index in [0.29, 0.717) is 41.3 Å². The molecular weight excluding hydrogens is 430 g/mol. The normalized spacial score (nSPS) is 17.6. The average Bonchev–Trinajstić information content (AvgIpc) is 3.40. The van der Waals surface area contributed by atoms with E-state index in [1.807, 2.05) is 12.1 Å². The van der Waals surface area contributed by atoms with Gasteiger partial charge in [-0.2, -0.15) is 5.10 Å². The largest absolute Gasteiger partial charge is 0.496 e. The molecule has 0 aliphatic heterocycles. The summed E-state index contributed by atoms with van der Waals surface area (Å²) in [5.74, 6) is 1.02. The topological polar surface area (TPSA) is 99.0 Å². The molecule has 2 heterocycles. The number of aromatic nitrogens is 2. The van der Waals surface area contributed by atoms with E-state index < -0.39 is 21.3 Å². The highest BCUT2D eigenvalue weighted by molar-refractivity contribution is 7.90. The van der Waals surface area contributed by atoms with Crippen LogP contribution in [0.1, 0.15) is 49.1 Å². The van der Waals surface area contributed by atoms with Crippen molar-refractivity contribution in [3.05, 3.63) is 53.9 Å². The van der Waals surface area contributed by atoms with Crippen LogP contribution in [0.25, 0.3) is 5.52 Å². The minimum Gasteiger partial charge on any atom is -0.496 e. The molecule has 1 amide bonds. The van der Waals surface area contributed by atoms with Crippen LogP contribution in [-0.2, 0) is 20.2 Å². The third kappa shape index (κ3) is 3.23. The fourth-order valence-corrected chi connectivity index (χ4v) is 5.77. The molecule has 2 aliphatic carbocycles. The van der Waals surface area contributed by atoms with Crippen molar-refractivity contribution >= 4 is 21.4 Å². The number of nitrogens with one attached hydrogen (secondary N) is 1. The van der Waals surface area contributed by atoms with Gasteiger partial charge in [0.25, 0.3) is 10.0 Å². The first-order valence-corrected chi connectivity index (χ1v) is 12.1. The fourth-order valence-electron chi connectivity index (χ4n) is 4.52. The number of carbonyl (C=O) groups excluding carboxylic acids is 1. The monoisotopic (exact) mass is 455 g/mol. The molecule has 1 N–H and O–H groups in total. The predicted molar refractivity (Wildman–Crippen MR) is 118 cm³/mol. The van der Waals surface area contributed by atoms with E-state index in [1.165, 1.54) is 23.2 Å². The predicted octanol–water partition coefficient (Wildman–Crippen LogP) is 3.16. The lowest BCUT2D eigenvalue weighted by Crippen LogP contribution is -2.39. The summed E-state index contributed by atoms with van der Waals surface area (Å²) in [4.78, 5) is 13.4. The third-order valence-corrected chi connectivity index (χ3v) is 8.06. The molecule has 8 nitrogen and oxygen atoms in total. The van der Waals surface area contributed by atoms with Gasteiger partial charge >= 0.3 is 0 Å². The van der Waals surface area contributed by atoms with E-state index in [0.717, 1.165) is 18.4 Å². The Balaban J connectivity index is 1.51. The van der Waals surface area contributed by atoms with Gasteiger partial charge in [0, 0.05) is 6.20 Å². The molecule has 5 rings (SSSR count). The first-order chi connectivity index (χ1) is 15.4. The number of fused-ring (bicyclic) bond motifs is 1. The Hall–Kier alpha value is -3.07. The van der Waals surface area contributed by atoms with E-state index in [9.17, 15) is 13.2 Å². The highest BCUT2D eigenvalue weighted by atomic mass is 32.2. The van der Waals surface area contributed by atoms with Gasteiger partial charge in [0.2, 0.25) is 5.91 Å². The molecule has 0 bridgehead atoms. The lowest BCUT2D eigenvalue weighted by Gasteiger charge is -2.28. The number of methoxy groups -OCH3 is 2. The van der Waals surface area contributed by atoms with E-state index in [1.54, 1.807) is 32.5 Å². The van der Waals surface area contributed by atoms with E-state index >= 15 is 0 Å². The van der Waals surface area contributed by atoms with Crippen molar-refractivity contribution in [3.63, 3.8) is 0 Å². The van der Waals surface area contributed by atoms with Crippen LogP contribution >= 0.6 is 0 Å². The van der Waals surface area contributed by atoms with Crippen molar-refractivity contribution in [2.24, 2.45) is 0 Å². The van der Waals surface area contributed by atoms with Crippen LogP contribution in [0.4, 0.5) is 0 Å². The van der Waals surface area contributed by atoms with E-state index in [-0.39, 0.29) is 4.90 Å². The SMILES string of the molecule is COc1cc(C2CCC2)cc(OC)c1C1(C(=O)NS(=O)(=O)c2cccn3nccc23)CC1. The Bertz CT molecular complexity index is 1280. The summed E-state index contributed by atoms with van der Waals surface area (Å²) >= 11 is 0. The van der Waals surface area contributed by atoms with Gasteiger partial charge < -0.3 is 9.47 Å². The van der Waals surface area contributed by atoms with Crippen molar-refractivity contribution in [2.45, 2.75) is 48.3 Å². The lowest BCUT2D eigenvalue weighted by atomic mass is 9.79. The highest BCUT2D eigenvalue weighted by Gasteiger charge is 2.56. The van der Waals surface area contributed by atoms with Crippen LogP contribution in [0.5, 0.6) is 11.5 Å². The van der Waals surface area contributed by atoms with Crippen LogP contribution < -0.4 is 14.2 Å². The summed E-state index contributed by atoms with van der Waals surface area (Å²) in [7, 11) is -0.978. The van der Waals surface area contributed by atoms with E-state index in [2.05, 4.69) is 9.82 Å². The number of amides is 1. The van der Waals surface area contributed by atoms with Crippen molar-refractivity contribution in [1.82, 2.24) is 14.3 Å². The zero-order valence-electron chi connectivity index (χ0n) is 18.0. The van der Waals surface area contributed by atoms with Gasteiger partial charge in [0.1, 0.15) is 16.4 Å². The molecule has 168 valence electrons. The molecule has 0 saturated heterocycles. The van der Waals surface area contributed by atoms with Gasteiger partial charge in [-0.1, -0.05) is 6.42 Å². The molecule has 0 spiro atoms. The van der Waals surface area contributed by atoms with Crippen molar-refractivity contribution < 1.29 is 22.7 Å². The third-order valence-electron chi connectivity index (χ3n) is 6.68. The number of hydrogen-bond acceptors (Lipinski definition) is 6. The van der Waals surface area contributed by atoms with Crippen LogP contribution in [-0.4, -0.2) is 38.2 Å². The Morgan fingerprint density at radius 3 is 2.41 bits per heavy atom. The standard InChI is InChI=1S/C23H25N3O5S/c1-30-18-13-16(15-5-3-6-15)14-19(31-2)21(18)23(9-10-23)22(27)25-32(28,29)20-7-4-12-26-17(20)8-11-24-26/h4,7-8,11-15H,3,5-6,9-10H2,1-2H3,(H,25,27). The number of hydrogen-bond donors (Lipinski definition) is 1. The number of pyridine rings is 1. The molecule has 0 unspecified atom stereocenters. The maximum atomic E-state index is 13.4. The molecule has 0 radical (unpaired) electrons. The van der Waals surface area contributed by atoms with Crippen molar-refractivity contribution in [2.75, 3.05) is 14.2 Å². The van der Waals surface area contributed by atoms with Crippen LogP contribution in [0.2, 0.25) is 0 Å². The van der Waals surface area contributed by atoms with E-state index in [4.69, 9.17) is 9.47 Å². The number of sulfonamides is 1. The Kier molecular flexibility index (Phi) is 4.88. The number of nitrogens with zero attached hydrogens (tertiary/aromatic N) is 2.